The van der Waals surface area contributed by atoms with Crippen molar-refractivity contribution < 1.29 is 14.3 Å². The molecule has 0 aliphatic heterocycles. The second-order valence-corrected chi connectivity index (χ2v) is 4.50. The summed E-state index contributed by atoms with van der Waals surface area (Å²) in [6.45, 7) is 0. The number of hydrogen-bond donors (Lipinski definition) is 0. The number of carbonyl (C=O) groups is 1. The molecule has 0 radical (unpaired) electrons. The molecule has 0 N–H and O–H groups in total. The maximum atomic E-state index is 10.9. The van der Waals surface area contributed by atoms with Gasteiger partial charge in [-0.1, -0.05) is 22.0 Å². The van der Waals surface area contributed by atoms with Gasteiger partial charge in [-0.2, -0.15) is 0 Å². The molecule has 0 spiro atoms. The predicted octanol–water partition coefficient (Wildman–Crippen LogP) is 4.06. The van der Waals surface area contributed by atoms with E-state index in [0.717, 1.165) is 10.8 Å². The average molecular weight is 307 g/mol. The van der Waals surface area contributed by atoms with Gasteiger partial charge in [-0.15, -0.1) is 0 Å². The number of halogens is 1. The monoisotopic (exact) mass is 306 g/mol. The minimum absolute atomic E-state index is 0.501. The largest absolute Gasteiger partial charge is 0.497 e. The highest BCUT2D eigenvalue weighted by Gasteiger charge is 2.06. The Hall–Kier alpha value is -1.81. The van der Waals surface area contributed by atoms with Crippen LogP contribution in [0.1, 0.15) is 10.4 Å². The van der Waals surface area contributed by atoms with Crippen molar-refractivity contribution in [1.29, 1.82) is 0 Å². The second kappa shape index (κ2) is 5.69. The SMILES string of the molecule is COc1cccc(Oc2cc(Br)ccc2C=O)c1. The fraction of sp³-hybridized carbons (Fsp3) is 0.0714. The average Bonchev–Trinajstić information content (AvgIpc) is 2.39. The van der Waals surface area contributed by atoms with E-state index >= 15 is 0 Å². The van der Waals surface area contributed by atoms with Gasteiger partial charge >= 0.3 is 0 Å². The zero-order valence-electron chi connectivity index (χ0n) is 9.72. The molecule has 0 amide bonds. The Morgan fingerprint density at radius 2 is 1.89 bits per heavy atom. The number of aldehydes is 1. The number of benzene rings is 2. The molecule has 3 nitrogen and oxygen atoms in total. The maximum Gasteiger partial charge on any atom is 0.153 e. The molecule has 0 fully saturated rings. The van der Waals surface area contributed by atoms with Crippen molar-refractivity contribution in [2.45, 2.75) is 0 Å². The lowest BCUT2D eigenvalue weighted by atomic mass is 10.2. The molecule has 2 rings (SSSR count). The summed E-state index contributed by atoms with van der Waals surface area (Å²) in [4.78, 5) is 10.9. The van der Waals surface area contributed by atoms with E-state index in [1.165, 1.54) is 0 Å². The van der Waals surface area contributed by atoms with Gasteiger partial charge in [-0.3, -0.25) is 4.79 Å². The van der Waals surface area contributed by atoms with Crippen molar-refractivity contribution >= 4 is 22.2 Å². The van der Waals surface area contributed by atoms with Crippen LogP contribution in [-0.4, -0.2) is 13.4 Å². The van der Waals surface area contributed by atoms with Crippen molar-refractivity contribution in [2.75, 3.05) is 7.11 Å². The van der Waals surface area contributed by atoms with E-state index in [2.05, 4.69) is 15.9 Å². The molecule has 92 valence electrons. The van der Waals surface area contributed by atoms with Gasteiger partial charge in [0.15, 0.2) is 6.29 Å². The third kappa shape index (κ3) is 2.90. The fourth-order valence-corrected chi connectivity index (χ4v) is 1.83. The summed E-state index contributed by atoms with van der Waals surface area (Å²) in [7, 11) is 1.59. The highest BCUT2D eigenvalue weighted by Crippen LogP contribution is 2.29. The van der Waals surface area contributed by atoms with Gasteiger partial charge in [-0.25, -0.2) is 0 Å². The van der Waals surface area contributed by atoms with Gasteiger partial charge in [0.1, 0.15) is 17.2 Å². The van der Waals surface area contributed by atoms with E-state index < -0.39 is 0 Å². The quantitative estimate of drug-likeness (QED) is 0.799. The van der Waals surface area contributed by atoms with Crippen LogP contribution >= 0.6 is 15.9 Å². The molecular formula is C14H11BrO3. The summed E-state index contributed by atoms with van der Waals surface area (Å²) in [5.74, 6) is 1.83. The van der Waals surface area contributed by atoms with Crippen LogP contribution in [0.25, 0.3) is 0 Å². The minimum Gasteiger partial charge on any atom is -0.497 e. The highest BCUT2D eigenvalue weighted by atomic mass is 79.9. The van der Waals surface area contributed by atoms with Crippen molar-refractivity contribution in [2.24, 2.45) is 0 Å². The van der Waals surface area contributed by atoms with Crippen LogP contribution in [-0.2, 0) is 0 Å². The Balaban J connectivity index is 2.32. The van der Waals surface area contributed by atoms with Gasteiger partial charge in [0.25, 0.3) is 0 Å². The van der Waals surface area contributed by atoms with Crippen LogP contribution in [0.5, 0.6) is 17.2 Å². The third-order valence-corrected chi connectivity index (χ3v) is 2.86. The molecule has 2 aromatic carbocycles. The molecule has 0 atom stereocenters. The molecule has 0 aromatic heterocycles. The minimum atomic E-state index is 0.501. The van der Waals surface area contributed by atoms with E-state index in [9.17, 15) is 4.79 Å². The van der Waals surface area contributed by atoms with E-state index in [-0.39, 0.29) is 0 Å². The van der Waals surface area contributed by atoms with Gasteiger partial charge < -0.3 is 9.47 Å². The highest BCUT2D eigenvalue weighted by molar-refractivity contribution is 9.10. The summed E-state index contributed by atoms with van der Waals surface area (Å²) in [6, 6.07) is 12.5. The van der Waals surface area contributed by atoms with E-state index in [1.807, 2.05) is 12.1 Å². The Kier molecular flexibility index (Phi) is 3.99. The summed E-state index contributed by atoms with van der Waals surface area (Å²) < 4.78 is 11.6. The molecule has 0 heterocycles. The van der Waals surface area contributed by atoms with Crippen LogP contribution in [0.2, 0.25) is 0 Å². The Morgan fingerprint density at radius 3 is 2.61 bits per heavy atom. The number of rotatable bonds is 4. The fourth-order valence-electron chi connectivity index (χ4n) is 1.49. The van der Waals surface area contributed by atoms with E-state index in [1.54, 1.807) is 37.4 Å². The normalized spacial score (nSPS) is 9.89. The van der Waals surface area contributed by atoms with Gasteiger partial charge in [-0.05, 0) is 30.3 Å². The summed E-state index contributed by atoms with van der Waals surface area (Å²) >= 11 is 3.35. The number of methoxy groups -OCH3 is 1. The molecule has 0 unspecified atom stereocenters. The van der Waals surface area contributed by atoms with Crippen molar-refractivity contribution in [3.05, 3.63) is 52.5 Å². The van der Waals surface area contributed by atoms with Gasteiger partial charge in [0.05, 0.1) is 12.7 Å². The van der Waals surface area contributed by atoms with Crippen molar-refractivity contribution in [3.63, 3.8) is 0 Å². The number of hydrogen-bond acceptors (Lipinski definition) is 3. The second-order valence-electron chi connectivity index (χ2n) is 3.58. The first-order valence-electron chi connectivity index (χ1n) is 5.29. The zero-order chi connectivity index (χ0) is 13.0. The summed E-state index contributed by atoms with van der Waals surface area (Å²) in [5.41, 5.74) is 0.501. The lowest BCUT2D eigenvalue weighted by Gasteiger charge is -2.09. The van der Waals surface area contributed by atoms with E-state index in [4.69, 9.17) is 9.47 Å². The smallest absolute Gasteiger partial charge is 0.153 e. The standard InChI is InChI=1S/C14H11BrO3/c1-17-12-3-2-4-13(8-12)18-14-7-11(15)6-5-10(14)9-16/h2-9H,1H3. The van der Waals surface area contributed by atoms with E-state index in [0.29, 0.717) is 22.8 Å². The third-order valence-electron chi connectivity index (χ3n) is 2.37. The molecular weight excluding hydrogens is 296 g/mol. The first kappa shape index (κ1) is 12.6. The van der Waals surface area contributed by atoms with Crippen molar-refractivity contribution in [1.82, 2.24) is 0 Å². The van der Waals surface area contributed by atoms with Crippen LogP contribution in [0.15, 0.2) is 46.9 Å². The summed E-state index contributed by atoms with van der Waals surface area (Å²) in [6.07, 6.45) is 0.766. The number of ether oxygens (including phenoxy) is 2. The first-order valence-corrected chi connectivity index (χ1v) is 6.09. The maximum absolute atomic E-state index is 10.9. The molecule has 0 aliphatic rings. The van der Waals surface area contributed by atoms with Crippen LogP contribution in [0.4, 0.5) is 0 Å². The van der Waals surface area contributed by atoms with Crippen molar-refractivity contribution in [3.8, 4) is 17.2 Å². The first-order chi connectivity index (χ1) is 8.72. The number of carbonyl (C=O) groups excluding carboxylic acids is 1. The Bertz CT molecular complexity index is 567. The topological polar surface area (TPSA) is 35.5 Å². The van der Waals surface area contributed by atoms with Crippen LogP contribution in [0, 0.1) is 0 Å². The predicted molar refractivity (Wildman–Crippen MR) is 72.6 cm³/mol. The molecule has 18 heavy (non-hydrogen) atoms. The molecule has 0 saturated carbocycles. The van der Waals surface area contributed by atoms with Crippen LogP contribution in [0.3, 0.4) is 0 Å². The zero-order valence-corrected chi connectivity index (χ0v) is 11.3. The lowest BCUT2D eigenvalue weighted by Crippen LogP contribution is -1.91. The molecule has 0 bridgehead atoms. The molecule has 2 aromatic rings. The summed E-state index contributed by atoms with van der Waals surface area (Å²) in [5, 5.41) is 0. The molecule has 0 aliphatic carbocycles. The van der Waals surface area contributed by atoms with Gasteiger partial charge in [0, 0.05) is 10.5 Å². The Labute approximate surface area is 113 Å². The van der Waals surface area contributed by atoms with Gasteiger partial charge in [0.2, 0.25) is 0 Å². The molecule has 0 saturated heterocycles. The van der Waals surface area contributed by atoms with Crippen LogP contribution < -0.4 is 9.47 Å². The molecule has 4 heteroatoms. The Morgan fingerprint density at radius 1 is 1.11 bits per heavy atom. The lowest BCUT2D eigenvalue weighted by molar-refractivity contribution is 0.112.